The van der Waals surface area contributed by atoms with Crippen molar-refractivity contribution in [3.05, 3.63) is 89.9 Å². The Kier molecular flexibility index (Phi) is 9.26. The minimum Gasteiger partial charge on any atom is -0.265 e. The first-order valence-corrected chi connectivity index (χ1v) is 12.8. The molecule has 180 valence electrons. The number of hydrogen-bond donors (Lipinski definition) is 0. The summed E-state index contributed by atoms with van der Waals surface area (Å²) in [6, 6.07) is 14.8. The van der Waals surface area contributed by atoms with E-state index < -0.39 is 0 Å². The van der Waals surface area contributed by atoms with E-state index in [0.29, 0.717) is 5.92 Å². The van der Waals surface area contributed by atoms with Crippen molar-refractivity contribution < 1.29 is 0 Å². The maximum Gasteiger partial charge on any atom is 0.0923 e. The van der Waals surface area contributed by atoms with Gasteiger partial charge in [-0.05, 0) is 63.8 Å². The molecule has 2 unspecified atom stereocenters. The summed E-state index contributed by atoms with van der Waals surface area (Å²) in [5.74, 6) is 0.514. The van der Waals surface area contributed by atoms with Gasteiger partial charge in [-0.15, -0.1) is 0 Å². The van der Waals surface area contributed by atoms with E-state index in [0.717, 1.165) is 29.8 Å². The van der Waals surface area contributed by atoms with Gasteiger partial charge in [0.15, 0.2) is 0 Å². The van der Waals surface area contributed by atoms with Crippen molar-refractivity contribution in [1.82, 2.24) is 19.6 Å². The highest BCUT2D eigenvalue weighted by molar-refractivity contribution is 5.58. The Balaban J connectivity index is 0.00000158. The summed E-state index contributed by atoms with van der Waals surface area (Å²) in [5.41, 5.74) is 7.15. The topological polar surface area (TPSA) is 35.6 Å². The molecule has 1 aliphatic carbocycles. The van der Waals surface area contributed by atoms with E-state index in [1.165, 1.54) is 29.8 Å². The van der Waals surface area contributed by atoms with Gasteiger partial charge >= 0.3 is 0 Å². The van der Waals surface area contributed by atoms with Crippen LogP contribution in [0, 0.1) is 6.92 Å². The van der Waals surface area contributed by atoms with Crippen LogP contribution in [0.5, 0.6) is 0 Å². The van der Waals surface area contributed by atoms with Crippen molar-refractivity contribution in [2.24, 2.45) is 0 Å². The standard InChI is InChI=1S/C28H34N4.C2H6/c1-5-10-25(16-15-24-11-9-12-24)28-20-23(4)32(30-28)22(3)19-21(2)31-18-17-27(29-31)26-13-7-6-8-14-26;1-2/h6-9,11-14,17-21,25H,5,10,15-16H2,1-4H3;1-2H3/b22-19-;. The fraction of sp³-hybridized carbons (Fsp3) is 0.400. The molecule has 4 rings (SSSR count). The molecule has 0 saturated carbocycles. The third kappa shape index (κ3) is 6.25. The zero-order chi connectivity index (χ0) is 24.5. The van der Waals surface area contributed by atoms with Gasteiger partial charge in [0.2, 0.25) is 0 Å². The Bertz CT molecular complexity index is 1130. The molecule has 3 aromatic rings. The van der Waals surface area contributed by atoms with Crippen LogP contribution in [0.1, 0.15) is 83.6 Å². The first kappa shape index (κ1) is 25.5. The third-order valence-electron chi connectivity index (χ3n) is 6.28. The summed E-state index contributed by atoms with van der Waals surface area (Å²) in [6.07, 6.45) is 15.5. The summed E-state index contributed by atoms with van der Waals surface area (Å²) in [6.45, 7) is 12.7. The molecule has 0 bridgehead atoms. The average molecular weight is 457 g/mol. The molecular formula is C30H40N4. The van der Waals surface area contributed by atoms with Gasteiger partial charge in [0.25, 0.3) is 0 Å². The molecule has 2 atom stereocenters. The quantitative estimate of drug-likeness (QED) is 0.307. The second-order valence-corrected chi connectivity index (χ2v) is 8.84. The van der Waals surface area contributed by atoms with E-state index in [9.17, 15) is 0 Å². The van der Waals surface area contributed by atoms with Crippen LogP contribution in [0.4, 0.5) is 0 Å². The number of aromatic nitrogens is 4. The van der Waals surface area contributed by atoms with Crippen molar-refractivity contribution in [2.45, 2.75) is 79.2 Å². The second kappa shape index (κ2) is 12.4. The van der Waals surface area contributed by atoms with E-state index in [1.54, 1.807) is 0 Å². The van der Waals surface area contributed by atoms with E-state index >= 15 is 0 Å². The summed E-state index contributed by atoms with van der Waals surface area (Å²) >= 11 is 0. The fourth-order valence-electron chi connectivity index (χ4n) is 4.41. The predicted octanol–water partition coefficient (Wildman–Crippen LogP) is 8.36. The highest BCUT2D eigenvalue weighted by Crippen LogP contribution is 2.30. The molecular weight excluding hydrogens is 416 g/mol. The first-order valence-electron chi connectivity index (χ1n) is 12.8. The predicted molar refractivity (Wildman–Crippen MR) is 145 cm³/mol. The summed E-state index contributed by atoms with van der Waals surface area (Å²) in [4.78, 5) is 0. The maximum atomic E-state index is 5.03. The van der Waals surface area contributed by atoms with E-state index in [4.69, 9.17) is 10.2 Å². The highest BCUT2D eigenvalue weighted by atomic mass is 15.3. The number of aryl methyl sites for hydroxylation is 1. The SMILES string of the molecule is CC.CCCC(CCC1=CC=C1)c1cc(C)n(/C(C)=C\C(C)n2ccc(-c3ccccc3)n2)n1. The smallest absolute Gasteiger partial charge is 0.0923 e. The zero-order valence-corrected chi connectivity index (χ0v) is 21.7. The van der Waals surface area contributed by atoms with Crippen molar-refractivity contribution in [1.29, 1.82) is 0 Å². The van der Waals surface area contributed by atoms with Gasteiger partial charge in [0.1, 0.15) is 0 Å². The summed E-state index contributed by atoms with van der Waals surface area (Å²) < 4.78 is 4.12. The molecule has 0 radical (unpaired) electrons. The molecule has 0 N–H and O–H groups in total. The minimum absolute atomic E-state index is 0.142. The van der Waals surface area contributed by atoms with Gasteiger partial charge in [-0.2, -0.15) is 10.2 Å². The fourth-order valence-corrected chi connectivity index (χ4v) is 4.41. The van der Waals surface area contributed by atoms with E-state index in [1.807, 2.05) is 36.7 Å². The molecule has 1 aliphatic rings. The lowest BCUT2D eigenvalue weighted by atomic mass is 9.90. The first-order chi connectivity index (χ1) is 16.5. The lowest BCUT2D eigenvalue weighted by molar-refractivity contribution is 0.550. The largest absolute Gasteiger partial charge is 0.265 e. The van der Waals surface area contributed by atoms with Gasteiger partial charge in [-0.1, -0.05) is 75.8 Å². The van der Waals surface area contributed by atoms with Crippen molar-refractivity contribution in [3.8, 4) is 11.3 Å². The molecule has 0 amide bonds. The molecule has 34 heavy (non-hydrogen) atoms. The highest BCUT2D eigenvalue weighted by Gasteiger charge is 2.17. The molecule has 4 heteroatoms. The maximum absolute atomic E-state index is 5.03. The van der Waals surface area contributed by atoms with E-state index in [-0.39, 0.29) is 6.04 Å². The van der Waals surface area contributed by atoms with Gasteiger partial charge in [-0.3, -0.25) is 4.68 Å². The molecule has 1 aromatic carbocycles. The van der Waals surface area contributed by atoms with Gasteiger partial charge in [0, 0.05) is 29.1 Å². The van der Waals surface area contributed by atoms with Crippen molar-refractivity contribution in [2.75, 3.05) is 0 Å². The van der Waals surface area contributed by atoms with Gasteiger partial charge < -0.3 is 0 Å². The van der Waals surface area contributed by atoms with Crippen molar-refractivity contribution >= 4 is 5.70 Å². The van der Waals surface area contributed by atoms with Crippen LogP contribution in [-0.2, 0) is 0 Å². The molecule has 0 spiro atoms. The molecule has 4 nitrogen and oxygen atoms in total. The molecule has 0 fully saturated rings. The Labute approximate surface area is 205 Å². The number of benzene rings is 1. The zero-order valence-electron chi connectivity index (χ0n) is 21.7. The van der Waals surface area contributed by atoms with Crippen LogP contribution in [0.15, 0.2) is 78.5 Å². The number of allylic oxidation sites excluding steroid dienone is 6. The monoisotopic (exact) mass is 456 g/mol. The number of nitrogens with zero attached hydrogens (tertiary/aromatic N) is 4. The second-order valence-electron chi connectivity index (χ2n) is 8.84. The Morgan fingerprint density at radius 3 is 2.44 bits per heavy atom. The third-order valence-corrected chi connectivity index (χ3v) is 6.28. The van der Waals surface area contributed by atoms with E-state index in [2.05, 4.69) is 87.1 Å². The van der Waals surface area contributed by atoms with Crippen LogP contribution in [-0.4, -0.2) is 19.6 Å². The van der Waals surface area contributed by atoms with Crippen LogP contribution >= 0.6 is 0 Å². The number of hydrogen-bond acceptors (Lipinski definition) is 2. The molecule has 2 heterocycles. The van der Waals surface area contributed by atoms with Gasteiger partial charge in [0.05, 0.1) is 17.4 Å². The Morgan fingerprint density at radius 1 is 1.06 bits per heavy atom. The Hall–Kier alpha value is -3.14. The van der Waals surface area contributed by atoms with Crippen LogP contribution in [0.3, 0.4) is 0 Å². The van der Waals surface area contributed by atoms with Crippen molar-refractivity contribution in [3.63, 3.8) is 0 Å². The normalized spacial score (nSPS) is 14.6. The minimum atomic E-state index is 0.142. The Morgan fingerprint density at radius 2 is 1.79 bits per heavy atom. The summed E-state index contributed by atoms with van der Waals surface area (Å²) in [5, 5.41) is 9.82. The average Bonchev–Trinajstić information content (AvgIpc) is 3.47. The van der Waals surface area contributed by atoms with Crippen LogP contribution < -0.4 is 0 Å². The summed E-state index contributed by atoms with van der Waals surface area (Å²) in [7, 11) is 0. The van der Waals surface area contributed by atoms with Crippen LogP contribution in [0.2, 0.25) is 0 Å². The molecule has 2 aromatic heterocycles. The van der Waals surface area contributed by atoms with Gasteiger partial charge in [-0.25, -0.2) is 4.68 Å². The lowest BCUT2D eigenvalue weighted by Crippen LogP contribution is -2.07. The molecule has 0 saturated heterocycles. The lowest BCUT2D eigenvalue weighted by Gasteiger charge is -2.15. The molecule has 0 aliphatic heterocycles. The van der Waals surface area contributed by atoms with Crippen LogP contribution in [0.25, 0.3) is 17.0 Å². The number of rotatable bonds is 10.